The topological polar surface area (TPSA) is 0 Å². The predicted molar refractivity (Wildman–Crippen MR) is 103 cm³/mol. The summed E-state index contributed by atoms with van der Waals surface area (Å²) in [5.41, 5.74) is 3.01. The molecule has 2 atom stereocenters. The standard InChI is InChI=1S/C22H40/c1-8-10-12-14-19(5)17-20(6)21(7)22(16-18(3)4)15-13-11-9-2/h9,15,18-19,21H,2,6,8,10-14,16-17H2,1,3-5,7H3. The van der Waals surface area contributed by atoms with Crippen LogP contribution in [0, 0.1) is 17.8 Å². The number of hydrogen-bond acceptors (Lipinski definition) is 0. The van der Waals surface area contributed by atoms with Crippen LogP contribution in [0.5, 0.6) is 0 Å². The third kappa shape index (κ3) is 10.0. The van der Waals surface area contributed by atoms with Gasteiger partial charge in [0.2, 0.25) is 0 Å². The molecular weight excluding hydrogens is 264 g/mol. The average molecular weight is 305 g/mol. The fraction of sp³-hybridized carbons (Fsp3) is 0.727. The lowest BCUT2D eigenvalue weighted by Gasteiger charge is -2.23. The van der Waals surface area contributed by atoms with Crippen LogP contribution in [0.1, 0.15) is 86.0 Å². The van der Waals surface area contributed by atoms with Gasteiger partial charge < -0.3 is 0 Å². The first-order valence-electron chi connectivity index (χ1n) is 9.39. The molecule has 0 heteroatoms. The van der Waals surface area contributed by atoms with E-state index in [0.29, 0.717) is 11.8 Å². The maximum Gasteiger partial charge on any atom is -0.00239 e. The van der Waals surface area contributed by atoms with Gasteiger partial charge in [0.15, 0.2) is 0 Å². The van der Waals surface area contributed by atoms with Crippen molar-refractivity contribution in [2.75, 3.05) is 0 Å². The largest absolute Gasteiger partial charge is 0.103 e. The highest BCUT2D eigenvalue weighted by molar-refractivity contribution is 5.19. The molecule has 0 spiro atoms. The second-order valence-corrected chi connectivity index (χ2v) is 7.43. The molecule has 0 rings (SSSR count). The summed E-state index contributed by atoms with van der Waals surface area (Å²) in [6.45, 7) is 19.9. The van der Waals surface area contributed by atoms with Crippen molar-refractivity contribution in [3.63, 3.8) is 0 Å². The molecular formula is C22H40. The summed E-state index contributed by atoms with van der Waals surface area (Å²) in [4.78, 5) is 0. The van der Waals surface area contributed by atoms with E-state index in [0.717, 1.165) is 18.8 Å². The minimum Gasteiger partial charge on any atom is -0.103 e. The van der Waals surface area contributed by atoms with Crippen LogP contribution >= 0.6 is 0 Å². The molecule has 0 aliphatic rings. The lowest BCUT2D eigenvalue weighted by Crippen LogP contribution is -2.09. The van der Waals surface area contributed by atoms with Gasteiger partial charge in [0, 0.05) is 0 Å². The molecule has 0 nitrogen and oxygen atoms in total. The zero-order valence-corrected chi connectivity index (χ0v) is 16.0. The van der Waals surface area contributed by atoms with E-state index >= 15 is 0 Å². The van der Waals surface area contributed by atoms with Gasteiger partial charge in [-0.1, -0.05) is 90.2 Å². The summed E-state index contributed by atoms with van der Waals surface area (Å²) < 4.78 is 0. The minimum absolute atomic E-state index is 0.529. The van der Waals surface area contributed by atoms with E-state index in [1.54, 1.807) is 5.57 Å². The molecule has 2 unspecified atom stereocenters. The highest BCUT2D eigenvalue weighted by atomic mass is 14.2. The van der Waals surface area contributed by atoms with Crippen molar-refractivity contribution in [2.24, 2.45) is 17.8 Å². The molecule has 0 aromatic carbocycles. The molecule has 0 heterocycles. The molecule has 0 aromatic heterocycles. The number of rotatable bonds is 13. The Bertz CT molecular complexity index is 332. The van der Waals surface area contributed by atoms with Crippen LogP contribution in [0.15, 0.2) is 36.5 Å². The number of allylic oxidation sites excluding steroid dienone is 4. The Hall–Kier alpha value is -0.780. The van der Waals surface area contributed by atoms with Gasteiger partial charge in [-0.3, -0.25) is 0 Å². The van der Waals surface area contributed by atoms with Crippen molar-refractivity contribution in [3.05, 3.63) is 36.5 Å². The first-order chi connectivity index (χ1) is 10.4. The molecule has 0 N–H and O–H groups in total. The number of hydrogen-bond donors (Lipinski definition) is 0. The summed E-state index contributed by atoms with van der Waals surface area (Å²) in [5.74, 6) is 2.02. The molecule has 0 aliphatic heterocycles. The Morgan fingerprint density at radius 3 is 2.23 bits per heavy atom. The first kappa shape index (κ1) is 21.2. The van der Waals surface area contributed by atoms with Crippen LogP contribution in [0.2, 0.25) is 0 Å². The van der Waals surface area contributed by atoms with Crippen molar-refractivity contribution in [1.82, 2.24) is 0 Å². The lowest BCUT2D eigenvalue weighted by atomic mass is 9.83. The highest BCUT2D eigenvalue weighted by Crippen LogP contribution is 2.30. The van der Waals surface area contributed by atoms with Crippen molar-refractivity contribution in [1.29, 1.82) is 0 Å². The van der Waals surface area contributed by atoms with Crippen LogP contribution in [0.4, 0.5) is 0 Å². The Balaban J connectivity index is 4.55. The van der Waals surface area contributed by atoms with Crippen LogP contribution in [-0.4, -0.2) is 0 Å². The second-order valence-electron chi connectivity index (χ2n) is 7.43. The summed E-state index contributed by atoms with van der Waals surface area (Å²) in [7, 11) is 0. The Morgan fingerprint density at radius 1 is 1.00 bits per heavy atom. The van der Waals surface area contributed by atoms with Gasteiger partial charge in [-0.05, 0) is 43.4 Å². The second kappa shape index (κ2) is 12.7. The van der Waals surface area contributed by atoms with Crippen LogP contribution in [0.25, 0.3) is 0 Å². The van der Waals surface area contributed by atoms with Gasteiger partial charge >= 0.3 is 0 Å². The molecule has 22 heavy (non-hydrogen) atoms. The zero-order valence-electron chi connectivity index (χ0n) is 16.0. The smallest absolute Gasteiger partial charge is 0.00239 e. The van der Waals surface area contributed by atoms with Gasteiger partial charge in [-0.2, -0.15) is 0 Å². The Morgan fingerprint density at radius 2 is 1.68 bits per heavy atom. The summed E-state index contributed by atoms with van der Waals surface area (Å²) in [6, 6.07) is 0. The molecule has 0 radical (unpaired) electrons. The molecule has 0 saturated carbocycles. The van der Waals surface area contributed by atoms with Crippen molar-refractivity contribution >= 4 is 0 Å². The van der Waals surface area contributed by atoms with Crippen molar-refractivity contribution in [3.8, 4) is 0 Å². The molecule has 0 fully saturated rings. The quantitative estimate of drug-likeness (QED) is 0.241. The molecule has 0 bridgehead atoms. The van der Waals surface area contributed by atoms with E-state index in [-0.39, 0.29) is 0 Å². The SMILES string of the molecule is C=CCCC=C(CC(C)C)C(C)C(=C)CC(C)CCCCC. The van der Waals surface area contributed by atoms with E-state index in [9.17, 15) is 0 Å². The Kier molecular flexibility index (Phi) is 12.3. The third-order valence-corrected chi connectivity index (χ3v) is 4.50. The van der Waals surface area contributed by atoms with Gasteiger partial charge in [0.1, 0.15) is 0 Å². The molecule has 128 valence electrons. The van der Waals surface area contributed by atoms with E-state index in [1.165, 1.54) is 44.1 Å². The van der Waals surface area contributed by atoms with Crippen molar-refractivity contribution in [2.45, 2.75) is 86.0 Å². The van der Waals surface area contributed by atoms with E-state index in [2.05, 4.69) is 53.9 Å². The van der Waals surface area contributed by atoms with Gasteiger partial charge in [-0.15, -0.1) is 6.58 Å². The summed E-state index contributed by atoms with van der Waals surface area (Å²) in [6.07, 6.45) is 14.4. The van der Waals surface area contributed by atoms with Crippen molar-refractivity contribution < 1.29 is 0 Å². The highest BCUT2D eigenvalue weighted by Gasteiger charge is 2.15. The molecule has 0 aromatic rings. The fourth-order valence-electron chi connectivity index (χ4n) is 3.03. The van der Waals surface area contributed by atoms with Gasteiger partial charge in [-0.25, -0.2) is 0 Å². The van der Waals surface area contributed by atoms with E-state index < -0.39 is 0 Å². The maximum atomic E-state index is 4.42. The van der Waals surface area contributed by atoms with Crippen LogP contribution in [-0.2, 0) is 0 Å². The average Bonchev–Trinajstić information content (AvgIpc) is 2.45. The molecule has 0 saturated heterocycles. The summed E-state index contributed by atoms with van der Waals surface area (Å²) in [5, 5.41) is 0. The Labute approximate surface area is 140 Å². The fourth-order valence-corrected chi connectivity index (χ4v) is 3.03. The lowest BCUT2D eigenvalue weighted by molar-refractivity contribution is 0.473. The summed E-state index contributed by atoms with van der Waals surface area (Å²) >= 11 is 0. The van der Waals surface area contributed by atoms with Crippen LogP contribution < -0.4 is 0 Å². The molecule has 0 amide bonds. The first-order valence-corrected chi connectivity index (χ1v) is 9.39. The monoisotopic (exact) mass is 304 g/mol. The van der Waals surface area contributed by atoms with Gasteiger partial charge in [0.05, 0.1) is 0 Å². The van der Waals surface area contributed by atoms with Crippen LogP contribution in [0.3, 0.4) is 0 Å². The maximum absolute atomic E-state index is 4.42. The zero-order chi connectivity index (χ0) is 17.0. The number of unbranched alkanes of at least 4 members (excludes halogenated alkanes) is 3. The minimum atomic E-state index is 0.529. The van der Waals surface area contributed by atoms with Gasteiger partial charge in [0.25, 0.3) is 0 Å². The van der Waals surface area contributed by atoms with E-state index in [1.807, 2.05) is 6.08 Å². The molecule has 0 aliphatic carbocycles. The van der Waals surface area contributed by atoms with E-state index in [4.69, 9.17) is 0 Å². The normalized spacial score (nSPS) is 14.9. The predicted octanol–water partition coefficient (Wildman–Crippen LogP) is 7.72. The third-order valence-electron chi connectivity index (χ3n) is 4.50.